The number of halogens is 2. The number of amides is 1. The van der Waals surface area contributed by atoms with Crippen LogP contribution in [0, 0.1) is 5.92 Å². The molecule has 2 rings (SSSR count). The number of hydrogen-bond donors (Lipinski definition) is 3. The number of aliphatic hydroxyl groups is 1. The first-order chi connectivity index (χ1) is 15.5. The zero-order valence-corrected chi connectivity index (χ0v) is 21.0. The highest BCUT2D eigenvalue weighted by atomic mass is 35.5. The molecule has 1 amide bonds. The van der Waals surface area contributed by atoms with E-state index in [2.05, 4.69) is 5.32 Å². The second-order valence-corrected chi connectivity index (χ2v) is 10.5. The molecule has 1 aliphatic carbocycles. The van der Waals surface area contributed by atoms with Crippen molar-refractivity contribution in [3.05, 3.63) is 35.9 Å². The van der Waals surface area contributed by atoms with Gasteiger partial charge in [-0.3, -0.25) is 4.79 Å². The van der Waals surface area contributed by atoms with Crippen molar-refractivity contribution >= 4 is 35.1 Å². The molecule has 4 N–H and O–H groups in total. The molecule has 0 aliphatic heterocycles. The first kappa shape index (κ1) is 27.9. The van der Waals surface area contributed by atoms with Crippen molar-refractivity contribution < 1.29 is 24.2 Å². The van der Waals surface area contributed by atoms with E-state index in [1.165, 1.54) is 0 Å². The largest absolute Gasteiger partial charge is 0.458 e. The molecular weight excluding hydrogens is 467 g/mol. The molecule has 9 heteroatoms. The van der Waals surface area contributed by atoms with E-state index >= 15 is 0 Å². The lowest BCUT2D eigenvalue weighted by Gasteiger charge is -2.39. The van der Waals surface area contributed by atoms with Gasteiger partial charge < -0.3 is 25.6 Å². The average molecular weight is 503 g/mol. The first-order valence-corrected chi connectivity index (χ1v) is 12.3. The van der Waals surface area contributed by atoms with Crippen molar-refractivity contribution in [2.24, 2.45) is 11.7 Å². The molecule has 5 unspecified atom stereocenters. The fraction of sp³-hybridized carbons (Fsp3) is 0.667. The molecule has 1 aromatic carbocycles. The maximum Gasteiger partial charge on any atom is 0.329 e. The summed E-state index contributed by atoms with van der Waals surface area (Å²) >= 11 is 12.9. The molecule has 0 heterocycles. The summed E-state index contributed by atoms with van der Waals surface area (Å²) in [5.41, 5.74) is 5.65. The maximum absolute atomic E-state index is 13.1. The van der Waals surface area contributed by atoms with Crippen LogP contribution in [-0.2, 0) is 25.5 Å². The number of carbonyl (C=O) groups excluding carboxylic acids is 2. The number of esters is 1. The van der Waals surface area contributed by atoms with Gasteiger partial charge in [0.1, 0.15) is 11.6 Å². The Morgan fingerprint density at radius 3 is 2.48 bits per heavy atom. The van der Waals surface area contributed by atoms with Gasteiger partial charge in [-0.2, -0.15) is 0 Å². The smallest absolute Gasteiger partial charge is 0.329 e. The Hall–Kier alpha value is -1.38. The molecule has 1 fully saturated rings. The molecule has 0 radical (unpaired) electrons. The van der Waals surface area contributed by atoms with E-state index in [1.807, 2.05) is 30.3 Å². The second kappa shape index (κ2) is 12.9. The van der Waals surface area contributed by atoms with E-state index in [0.717, 1.165) is 18.4 Å². The Bertz CT molecular complexity index is 759. The van der Waals surface area contributed by atoms with Crippen LogP contribution in [0.2, 0.25) is 0 Å². The van der Waals surface area contributed by atoms with Gasteiger partial charge >= 0.3 is 5.97 Å². The molecule has 186 valence electrons. The summed E-state index contributed by atoms with van der Waals surface area (Å²) in [5.74, 6) is -1.91. The number of carbonyl (C=O) groups is 2. The Balaban J connectivity index is 2.08. The van der Waals surface area contributed by atoms with Crippen LogP contribution in [0.1, 0.15) is 45.6 Å². The summed E-state index contributed by atoms with van der Waals surface area (Å²) in [6.07, 6.45) is 0.246. The van der Waals surface area contributed by atoms with Gasteiger partial charge in [0.05, 0.1) is 28.9 Å². The number of unbranched alkanes of at least 4 members (excludes halogenated alkanes) is 1. The fourth-order valence-corrected chi connectivity index (χ4v) is 4.67. The topological polar surface area (TPSA) is 111 Å². The minimum atomic E-state index is -1.17. The summed E-state index contributed by atoms with van der Waals surface area (Å²) in [6.45, 7) is 6.29. The lowest BCUT2D eigenvalue weighted by Crippen LogP contribution is -2.56. The number of nitrogens with one attached hydrogen (secondary N) is 1. The zero-order valence-electron chi connectivity index (χ0n) is 19.5. The summed E-state index contributed by atoms with van der Waals surface area (Å²) in [7, 11) is 0. The first-order valence-electron chi connectivity index (χ1n) is 11.4. The van der Waals surface area contributed by atoms with E-state index in [9.17, 15) is 14.7 Å². The van der Waals surface area contributed by atoms with E-state index in [4.69, 9.17) is 38.4 Å². The van der Waals surface area contributed by atoms with Crippen molar-refractivity contribution in [1.82, 2.24) is 5.32 Å². The van der Waals surface area contributed by atoms with E-state index < -0.39 is 52.4 Å². The second-order valence-electron chi connectivity index (χ2n) is 9.41. The van der Waals surface area contributed by atoms with Crippen LogP contribution < -0.4 is 11.1 Å². The monoisotopic (exact) mass is 502 g/mol. The molecule has 33 heavy (non-hydrogen) atoms. The predicted molar refractivity (Wildman–Crippen MR) is 129 cm³/mol. The number of rotatable bonds is 10. The minimum absolute atomic E-state index is 0.172. The van der Waals surface area contributed by atoms with Crippen molar-refractivity contribution in [2.75, 3.05) is 13.2 Å². The van der Waals surface area contributed by atoms with Crippen molar-refractivity contribution in [1.29, 1.82) is 0 Å². The quantitative estimate of drug-likeness (QED) is 0.257. The third kappa shape index (κ3) is 8.72. The highest BCUT2D eigenvalue weighted by Gasteiger charge is 2.46. The molecule has 7 nitrogen and oxygen atoms in total. The third-order valence-electron chi connectivity index (χ3n) is 5.42. The molecule has 1 saturated carbocycles. The molecule has 0 spiro atoms. The Morgan fingerprint density at radius 1 is 1.21 bits per heavy atom. The number of benzene rings is 1. The number of nitrogens with two attached hydrogens (primary N) is 1. The number of ether oxygens (including phenoxy) is 2. The molecule has 1 aromatic rings. The lowest BCUT2D eigenvalue weighted by atomic mass is 9.83. The van der Waals surface area contributed by atoms with Gasteiger partial charge in [0, 0.05) is 13.0 Å². The molecule has 0 bridgehead atoms. The van der Waals surface area contributed by atoms with E-state index in [1.54, 1.807) is 20.8 Å². The summed E-state index contributed by atoms with van der Waals surface area (Å²) in [6, 6.07) is 8.42. The van der Waals surface area contributed by atoms with Gasteiger partial charge in [-0.25, -0.2) is 4.79 Å². The summed E-state index contributed by atoms with van der Waals surface area (Å²) in [5, 5.41) is 12.1. The maximum atomic E-state index is 13.1. The van der Waals surface area contributed by atoms with Crippen LogP contribution in [-0.4, -0.2) is 64.7 Å². The molecule has 0 aromatic heterocycles. The van der Waals surface area contributed by atoms with Crippen LogP contribution in [0.4, 0.5) is 0 Å². The summed E-state index contributed by atoms with van der Waals surface area (Å²) < 4.78 is 11.3. The van der Waals surface area contributed by atoms with Gasteiger partial charge in [0.25, 0.3) is 0 Å². The number of aliphatic hydroxyl groups excluding tert-OH is 1. The average Bonchev–Trinajstić information content (AvgIpc) is 2.74. The molecular formula is C24H36Cl2N2O5. The normalized spacial score (nSPS) is 26.5. The van der Waals surface area contributed by atoms with E-state index in [-0.39, 0.29) is 12.8 Å². The van der Waals surface area contributed by atoms with Gasteiger partial charge in [-0.1, -0.05) is 30.3 Å². The third-order valence-corrected chi connectivity index (χ3v) is 6.36. The highest BCUT2D eigenvalue weighted by molar-refractivity contribution is 6.25. The van der Waals surface area contributed by atoms with Gasteiger partial charge in [0.2, 0.25) is 5.91 Å². The van der Waals surface area contributed by atoms with Gasteiger partial charge in [0.15, 0.2) is 0 Å². The fourth-order valence-electron chi connectivity index (χ4n) is 3.75. The van der Waals surface area contributed by atoms with Crippen LogP contribution in [0.15, 0.2) is 30.3 Å². The minimum Gasteiger partial charge on any atom is -0.458 e. The highest BCUT2D eigenvalue weighted by Crippen LogP contribution is 2.34. The SMILES string of the molecule is CC(C)(C)OC(=O)[C@H](Cc1ccccc1)NC(=O)C1CC(Cl)C(OCCCCN)C(Cl)C1O. The zero-order chi connectivity index (χ0) is 24.6. The van der Waals surface area contributed by atoms with Crippen molar-refractivity contribution in [2.45, 2.75) is 81.1 Å². The van der Waals surface area contributed by atoms with Crippen LogP contribution in [0.25, 0.3) is 0 Å². The molecule has 6 atom stereocenters. The summed E-state index contributed by atoms with van der Waals surface area (Å²) in [4.78, 5) is 26.0. The van der Waals surface area contributed by atoms with Gasteiger partial charge in [-0.05, 0) is 52.1 Å². The van der Waals surface area contributed by atoms with Crippen LogP contribution in [0.3, 0.4) is 0 Å². The Morgan fingerprint density at radius 2 is 1.88 bits per heavy atom. The standard InChI is InChI=1S/C24H36Cl2N2O5/c1-24(2,3)33-23(31)18(13-15-9-5-4-6-10-15)28-22(30)16-14-17(25)21(19(26)20(16)29)32-12-8-7-11-27/h4-6,9-10,16-21,29H,7-8,11-14,27H2,1-3H3,(H,28,30)/t16?,17?,18-,19?,20?,21?/m0/s1. The lowest BCUT2D eigenvalue weighted by molar-refractivity contribution is -0.159. The van der Waals surface area contributed by atoms with Crippen LogP contribution in [0.5, 0.6) is 0 Å². The van der Waals surface area contributed by atoms with Crippen LogP contribution >= 0.6 is 23.2 Å². The molecule has 1 aliphatic rings. The number of hydrogen-bond acceptors (Lipinski definition) is 6. The predicted octanol–water partition coefficient (Wildman–Crippen LogP) is 2.78. The molecule has 0 saturated heterocycles. The van der Waals surface area contributed by atoms with Crippen molar-refractivity contribution in [3.8, 4) is 0 Å². The Labute approximate surface area is 206 Å². The van der Waals surface area contributed by atoms with E-state index in [0.29, 0.717) is 13.2 Å². The number of alkyl halides is 2. The Kier molecular flexibility index (Phi) is 10.9. The van der Waals surface area contributed by atoms with Crippen molar-refractivity contribution in [3.63, 3.8) is 0 Å². The van der Waals surface area contributed by atoms with Gasteiger partial charge in [-0.15, -0.1) is 23.2 Å².